The maximum Gasteiger partial charge on any atom is 0.390 e. The molecule has 10 heteroatoms. The highest BCUT2D eigenvalue weighted by molar-refractivity contribution is 14.0. The lowest BCUT2D eigenvalue weighted by atomic mass is 10.2. The van der Waals surface area contributed by atoms with E-state index in [0.717, 1.165) is 0 Å². The van der Waals surface area contributed by atoms with Crippen LogP contribution >= 0.6 is 24.0 Å². The molecule has 3 N–H and O–H groups in total. The van der Waals surface area contributed by atoms with E-state index in [1.165, 1.54) is 0 Å². The molecule has 0 heterocycles. The Balaban J connectivity index is 0.00000625. The zero-order valence-electron chi connectivity index (χ0n) is 14.7. The third-order valence-corrected chi connectivity index (χ3v) is 3.06. The van der Waals surface area contributed by atoms with Crippen LogP contribution in [0.5, 0.6) is 5.75 Å². The van der Waals surface area contributed by atoms with E-state index in [-0.39, 0.29) is 42.4 Å². The highest BCUT2D eigenvalue weighted by Crippen LogP contribution is 2.18. The minimum atomic E-state index is -4.23. The van der Waals surface area contributed by atoms with Crippen molar-refractivity contribution in [2.24, 2.45) is 4.99 Å². The third kappa shape index (κ3) is 10.3. The molecule has 0 unspecified atom stereocenters. The molecule has 0 saturated carbocycles. The van der Waals surface area contributed by atoms with Crippen LogP contribution in [0.15, 0.2) is 29.3 Å². The van der Waals surface area contributed by atoms with Gasteiger partial charge in [-0.25, -0.2) is 0 Å². The molecule has 0 aliphatic heterocycles. The van der Waals surface area contributed by atoms with Crippen LogP contribution in [0.2, 0.25) is 0 Å². The van der Waals surface area contributed by atoms with Gasteiger partial charge in [-0.1, -0.05) is 0 Å². The molecular weight excluding hydrogens is 464 g/mol. The fraction of sp³-hybridized carbons (Fsp3) is 0.500. The summed E-state index contributed by atoms with van der Waals surface area (Å²) in [5, 5.41) is 8.42. The number of nitrogens with one attached hydrogen (secondary N) is 3. The molecule has 0 aromatic heterocycles. The van der Waals surface area contributed by atoms with Crippen molar-refractivity contribution in [1.29, 1.82) is 0 Å². The zero-order chi connectivity index (χ0) is 18.7. The average molecular weight is 488 g/mol. The number of carbonyl (C=O) groups excluding carboxylic acids is 1. The second-order valence-corrected chi connectivity index (χ2v) is 5.04. The number of rotatable bonds is 8. The number of methoxy groups -OCH3 is 1. The fourth-order valence-electron chi connectivity index (χ4n) is 1.84. The topological polar surface area (TPSA) is 74.8 Å². The summed E-state index contributed by atoms with van der Waals surface area (Å²) in [5.41, 5.74) is 0.492. The van der Waals surface area contributed by atoms with Crippen LogP contribution in [0, 0.1) is 0 Å². The van der Waals surface area contributed by atoms with Crippen molar-refractivity contribution in [2.75, 3.05) is 33.3 Å². The molecule has 0 bridgehead atoms. The maximum absolute atomic E-state index is 12.1. The second kappa shape index (κ2) is 12.6. The first-order valence-electron chi connectivity index (χ1n) is 7.87. The molecule has 1 rings (SSSR count). The van der Waals surface area contributed by atoms with Crippen molar-refractivity contribution >= 4 is 35.8 Å². The summed E-state index contributed by atoms with van der Waals surface area (Å²) in [6.45, 7) is 2.62. The molecule has 6 nitrogen and oxygen atoms in total. The van der Waals surface area contributed by atoms with Crippen LogP contribution < -0.4 is 20.7 Å². The van der Waals surface area contributed by atoms with Crippen molar-refractivity contribution in [1.82, 2.24) is 16.0 Å². The Hall–Kier alpha value is -1.72. The largest absolute Gasteiger partial charge is 0.497 e. The predicted octanol–water partition coefficient (Wildman–Crippen LogP) is 2.55. The van der Waals surface area contributed by atoms with Gasteiger partial charge in [0.2, 0.25) is 0 Å². The van der Waals surface area contributed by atoms with Gasteiger partial charge in [-0.15, -0.1) is 24.0 Å². The van der Waals surface area contributed by atoms with E-state index in [9.17, 15) is 18.0 Å². The first-order chi connectivity index (χ1) is 11.9. The van der Waals surface area contributed by atoms with Crippen LogP contribution in [0.1, 0.15) is 23.7 Å². The molecule has 0 saturated heterocycles. The number of hydrogen-bond donors (Lipinski definition) is 3. The summed E-state index contributed by atoms with van der Waals surface area (Å²) in [4.78, 5) is 15.8. The molecule has 148 valence electrons. The number of hydrogen-bond acceptors (Lipinski definition) is 3. The van der Waals surface area contributed by atoms with Crippen LogP contribution in [0.4, 0.5) is 13.2 Å². The van der Waals surface area contributed by atoms with E-state index < -0.39 is 12.6 Å². The highest BCUT2D eigenvalue weighted by atomic mass is 127. The van der Waals surface area contributed by atoms with E-state index in [4.69, 9.17) is 4.74 Å². The number of ether oxygens (including phenoxy) is 1. The monoisotopic (exact) mass is 488 g/mol. The molecule has 0 spiro atoms. The molecule has 0 aliphatic carbocycles. The predicted molar refractivity (Wildman–Crippen MR) is 105 cm³/mol. The highest BCUT2D eigenvalue weighted by Gasteiger charge is 2.26. The maximum atomic E-state index is 12.1. The smallest absolute Gasteiger partial charge is 0.390 e. The summed E-state index contributed by atoms with van der Waals surface area (Å²) in [5.74, 6) is 0.692. The van der Waals surface area contributed by atoms with E-state index >= 15 is 0 Å². The lowest BCUT2D eigenvalue weighted by molar-refractivity contribution is -0.132. The first kappa shape index (κ1) is 24.3. The van der Waals surface area contributed by atoms with E-state index in [0.29, 0.717) is 30.9 Å². The van der Waals surface area contributed by atoms with Crippen molar-refractivity contribution < 1.29 is 22.7 Å². The van der Waals surface area contributed by atoms with Crippen LogP contribution in [-0.4, -0.2) is 51.3 Å². The molecule has 0 radical (unpaired) electrons. The molecule has 26 heavy (non-hydrogen) atoms. The van der Waals surface area contributed by atoms with E-state index in [1.807, 2.05) is 6.92 Å². The Bertz CT molecular complexity index is 566. The number of nitrogens with zero attached hydrogens (tertiary/aromatic N) is 1. The number of aliphatic imine (C=N–C) groups is 1. The summed E-state index contributed by atoms with van der Waals surface area (Å²) >= 11 is 0. The Morgan fingerprint density at radius 2 is 1.73 bits per heavy atom. The molecule has 1 aromatic carbocycles. The summed E-state index contributed by atoms with van der Waals surface area (Å²) in [6.07, 6.45) is -5.20. The lowest BCUT2D eigenvalue weighted by Gasteiger charge is -2.12. The minimum absolute atomic E-state index is 0. The van der Waals surface area contributed by atoms with Crippen molar-refractivity contribution in [2.45, 2.75) is 19.5 Å². The van der Waals surface area contributed by atoms with Gasteiger partial charge in [-0.3, -0.25) is 9.79 Å². The minimum Gasteiger partial charge on any atom is -0.497 e. The summed E-state index contributed by atoms with van der Waals surface area (Å²) in [6, 6.07) is 6.65. The van der Waals surface area contributed by atoms with Gasteiger partial charge in [-0.2, -0.15) is 13.2 Å². The SMILES string of the molecule is CCNC(=NCCC(F)(F)F)NCCNC(=O)c1ccc(OC)cc1.I. The Kier molecular flexibility index (Phi) is 11.8. The average Bonchev–Trinajstić information content (AvgIpc) is 2.57. The Labute approximate surface area is 168 Å². The molecule has 1 aromatic rings. The number of amides is 1. The molecular formula is C16H24F3IN4O2. The van der Waals surface area contributed by atoms with Crippen molar-refractivity contribution in [3.63, 3.8) is 0 Å². The fourth-order valence-corrected chi connectivity index (χ4v) is 1.84. The van der Waals surface area contributed by atoms with Gasteiger partial charge in [0.1, 0.15) is 5.75 Å². The number of alkyl halides is 3. The van der Waals surface area contributed by atoms with Crippen molar-refractivity contribution in [3.05, 3.63) is 29.8 Å². The molecule has 1 amide bonds. The number of halogens is 4. The zero-order valence-corrected chi connectivity index (χ0v) is 17.0. The quantitative estimate of drug-likeness (QED) is 0.228. The van der Waals surface area contributed by atoms with Gasteiger partial charge in [-0.05, 0) is 31.2 Å². The van der Waals surface area contributed by atoms with Crippen molar-refractivity contribution in [3.8, 4) is 5.75 Å². The van der Waals surface area contributed by atoms with E-state index in [1.54, 1.807) is 31.4 Å². The van der Waals surface area contributed by atoms with Gasteiger partial charge in [0.25, 0.3) is 5.91 Å². The lowest BCUT2D eigenvalue weighted by Crippen LogP contribution is -2.41. The molecule has 0 aliphatic rings. The van der Waals surface area contributed by atoms with Gasteiger partial charge >= 0.3 is 6.18 Å². The molecule has 0 fully saturated rings. The third-order valence-electron chi connectivity index (χ3n) is 3.06. The Morgan fingerprint density at radius 1 is 1.12 bits per heavy atom. The van der Waals surface area contributed by atoms with Gasteiger partial charge in [0.15, 0.2) is 5.96 Å². The van der Waals surface area contributed by atoms with Crippen LogP contribution in [0.25, 0.3) is 0 Å². The van der Waals surface area contributed by atoms with Crippen LogP contribution in [-0.2, 0) is 0 Å². The molecule has 0 atom stereocenters. The Morgan fingerprint density at radius 3 is 2.27 bits per heavy atom. The van der Waals surface area contributed by atoms with Crippen LogP contribution in [0.3, 0.4) is 0 Å². The van der Waals surface area contributed by atoms with Gasteiger partial charge < -0.3 is 20.7 Å². The normalized spacial score (nSPS) is 11.3. The summed E-state index contributed by atoms with van der Waals surface area (Å²) in [7, 11) is 1.54. The standard InChI is InChI=1S/C16H23F3N4O2.HI/c1-3-20-15(22-9-8-16(17,18)19)23-11-10-21-14(24)12-4-6-13(25-2)7-5-12;/h4-7H,3,8-11H2,1-2H3,(H,21,24)(H2,20,22,23);1H. The number of guanidine groups is 1. The summed E-state index contributed by atoms with van der Waals surface area (Å²) < 4.78 is 41.4. The number of benzene rings is 1. The van der Waals surface area contributed by atoms with E-state index in [2.05, 4.69) is 20.9 Å². The van der Waals surface area contributed by atoms with Gasteiger partial charge in [0, 0.05) is 25.2 Å². The van der Waals surface area contributed by atoms with Gasteiger partial charge in [0.05, 0.1) is 20.1 Å². The number of carbonyl (C=O) groups is 1. The first-order valence-corrected chi connectivity index (χ1v) is 7.87. The second-order valence-electron chi connectivity index (χ2n) is 5.04.